The normalized spacial score (nSPS) is 11.6. The van der Waals surface area contributed by atoms with Gasteiger partial charge in [-0.15, -0.1) is 0 Å². The number of benzene rings is 1. The van der Waals surface area contributed by atoms with Gasteiger partial charge in [-0.3, -0.25) is 9.59 Å². The SMILES string of the molecule is Cc1c(Br)c(=O)c(C(=O)Nc2c(C(C)C)cccc2C(C)C)c(C)n1CCOC(C)C. The van der Waals surface area contributed by atoms with Crippen molar-refractivity contribution in [3.05, 3.63) is 61.0 Å². The minimum Gasteiger partial charge on any atom is -0.377 e. The summed E-state index contributed by atoms with van der Waals surface area (Å²) < 4.78 is 8.08. The van der Waals surface area contributed by atoms with Gasteiger partial charge >= 0.3 is 0 Å². The Balaban J connectivity index is 2.54. The van der Waals surface area contributed by atoms with Gasteiger partial charge in [0.25, 0.3) is 5.91 Å². The molecule has 1 amide bonds. The average Bonchev–Trinajstić information content (AvgIpc) is 2.68. The monoisotopic (exact) mass is 490 g/mol. The van der Waals surface area contributed by atoms with E-state index in [2.05, 4.69) is 48.9 Å². The number of amides is 1. The number of pyridine rings is 1. The van der Waals surface area contributed by atoms with E-state index in [4.69, 9.17) is 4.74 Å². The summed E-state index contributed by atoms with van der Waals surface area (Å²) in [4.78, 5) is 26.5. The smallest absolute Gasteiger partial charge is 0.261 e. The Morgan fingerprint density at radius 2 is 1.58 bits per heavy atom. The van der Waals surface area contributed by atoms with Crippen LogP contribution in [0.4, 0.5) is 5.69 Å². The van der Waals surface area contributed by atoms with Crippen molar-refractivity contribution < 1.29 is 9.53 Å². The molecule has 0 aliphatic carbocycles. The number of anilines is 1. The fourth-order valence-electron chi connectivity index (χ4n) is 3.80. The number of halogens is 1. The lowest BCUT2D eigenvalue weighted by Crippen LogP contribution is -2.29. The summed E-state index contributed by atoms with van der Waals surface area (Å²) in [5.41, 5.74) is 4.24. The van der Waals surface area contributed by atoms with Crippen molar-refractivity contribution in [3.8, 4) is 0 Å². The van der Waals surface area contributed by atoms with Crippen LogP contribution in [0.1, 0.15) is 86.3 Å². The zero-order valence-corrected chi connectivity index (χ0v) is 21.5. The third-order valence-electron chi connectivity index (χ3n) is 5.52. The average molecular weight is 491 g/mol. The summed E-state index contributed by atoms with van der Waals surface area (Å²) in [6.45, 7) is 17.1. The summed E-state index contributed by atoms with van der Waals surface area (Å²) in [7, 11) is 0. The highest BCUT2D eigenvalue weighted by Gasteiger charge is 2.23. The molecule has 1 aromatic heterocycles. The van der Waals surface area contributed by atoms with E-state index in [1.54, 1.807) is 0 Å². The molecule has 31 heavy (non-hydrogen) atoms. The molecule has 0 fully saturated rings. The molecule has 2 aromatic rings. The highest BCUT2D eigenvalue weighted by atomic mass is 79.9. The third kappa shape index (κ3) is 5.66. The number of aromatic nitrogens is 1. The molecule has 0 atom stereocenters. The van der Waals surface area contributed by atoms with Crippen LogP contribution in [0.2, 0.25) is 0 Å². The second-order valence-corrected chi connectivity index (χ2v) is 9.63. The quantitative estimate of drug-likeness (QED) is 0.482. The first-order valence-corrected chi connectivity index (χ1v) is 11.7. The van der Waals surface area contributed by atoms with Crippen molar-refractivity contribution in [1.82, 2.24) is 4.57 Å². The topological polar surface area (TPSA) is 60.3 Å². The largest absolute Gasteiger partial charge is 0.377 e. The number of carbonyl (C=O) groups excluding carboxylic acids is 1. The van der Waals surface area contributed by atoms with Gasteiger partial charge in [0.2, 0.25) is 5.43 Å². The zero-order valence-electron chi connectivity index (χ0n) is 19.9. The van der Waals surface area contributed by atoms with Gasteiger partial charge < -0.3 is 14.6 Å². The van der Waals surface area contributed by atoms with Crippen LogP contribution in [0.25, 0.3) is 0 Å². The van der Waals surface area contributed by atoms with E-state index in [1.165, 1.54) is 0 Å². The number of nitrogens with one attached hydrogen (secondary N) is 1. The molecule has 0 unspecified atom stereocenters. The summed E-state index contributed by atoms with van der Waals surface area (Å²) in [5, 5.41) is 3.08. The number of nitrogens with zero attached hydrogens (tertiary/aromatic N) is 1. The molecule has 0 saturated heterocycles. The van der Waals surface area contributed by atoms with Gasteiger partial charge in [0, 0.05) is 23.6 Å². The lowest BCUT2D eigenvalue weighted by Gasteiger charge is -2.22. The highest BCUT2D eigenvalue weighted by Crippen LogP contribution is 2.33. The van der Waals surface area contributed by atoms with Crippen LogP contribution >= 0.6 is 15.9 Å². The number of hydrogen-bond donors (Lipinski definition) is 1. The minimum absolute atomic E-state index is 0.119. The van der Waals surface area contributed by atoms with Crippen LogP contribution < -0.4 is 10.7 Å². The van der Waals surface area contributed by atoms with E-state index < -0.39 is 0 Å². The summed E-state index contributed by atoms with van der Waals surface area (Å²) >= 11 is 3.41. The van der Waals surface area contributed by atoms with E-state index in [1.807, 2.05) is 50.5 Å². The van der Waals surface area contributed by atoms with Crippen molar-refractivity contribution in [2.24, 2.45) is 0 Å². The van der Waals surface area contributed by atoms with Gasteiger partial charge in [0.15, 0.2) is 0 Å². The second-order valence-electron chi connectivity index (χ2n) is 8.84. The molecule has 0 bridgehead atoms. The van der Waals surface area contributed by atoms with E-state index in [-0.39, 0.29) is 34.8 Å². The number of para-hydroxylation sites is 1. The Morgan fingerprint density at radius 3 is 2.06 bits per heavy atom. The van der Waals surface area contributed by atoms with Crippen LogP contribution in [0.15, 0.2) is 27.5 Å². The number of rotatable bonds is 8. The molecule has 0 saturated carbocycles. The molecular formula is C25H35BrN2O3. The first-order valence-electron chi connectivity index (χ1n) is 10.9. The van der Waals surface area contributed by atoms with Gasteiger partial charge in [-0.05, 0) is 66.6 Å². The molecule has 1 aromatic carbocycles. The summed E-state index contributed by atoms with van der Waals surface area (Å²) in [5.74, 6) is 0.103. The number of ether oxygens (including phenoxy) is 1. The molecule has 2 rings (SSSR count). The van der Waals surface area contributed by atoms with Crippen molar-refractivity contribution >= 4 is 27.5 Å². The highest BCUT2D eigenvalue weighted by molar-refractivity contribution is 9.10. The van der Waals surface area contributed by atoms with Crippen LogP contribution in [0.3, 0.4) is 0 Å². The van der Waals surface area contributed by atoms with Crippen molar-refractivity contribution in [2.75, 3.05) is 11.9 Å². The zero-order chi connectivity index (χ0) is 23.5. The Kier molecular flexibility index (Phi) is 8.66. The van der Waals surface area contributed by atoms with Gasteiger partial charge in [-0.25, -0.2) is 0 Å². The molecule has 5 nitrogen and oxygen atoms in total. The van der Waals surface area contributed by atoms with Gasteiger partial charge in [-0.1, -0.05) is 45.9 Å². The van der Waals surface area contributed by atoms with Gasteiger partial charge in [0.1, 0.15) is 5.56 Å². The van der Waals surface area contributed by atoms with E-state index in [0.717, 1.165) is 22.5 Å². The molecule has 6 heteroatoms. The molecule has 1 heterocycles. The minimum atomic E-state index is -0.378. The maximum absolute atomic E-state index is 13.4. The fraction of sp³-hybridized carbons (Fsp3) is 0.520. The Bertz CT molecular complexity index is 981. The second kappa shape index (κ2) is 10.6. The van der Waals surface area contributed by atoms with Crippen molar-refractivity contribution in [3.63, 3.8) is 0 Å². The van der Waals surface area contributed by atoms with Crippen LogP contribution in [0.5, 0.6) is 0 Å². The molecule has 0 aliphatic rings. The fourth-order valence-corrected chi connectivity index (χ4v) is 4.21. The maximum Gasteiger partial charge on any atom is 0.261 e. The first-order chi connectivity index (χ1) is 14.5. The molecular weight excluding hydrogens is 456 g/mol. The van der Waals surface area contributed by atoms with Crippen LogP contribution in [0, 0.1) is 13.8 Å². The van der Waals surface area contributed by atoms with E-state index >= 15 is 0 Å². The van der Waals surface area contributed by atoms with Gasteiger partial charge in [-0.2, -0.15) is 0 Å². The molecule has 0 aliphatic heterocycles. The standard InChI is InChI=1S/C25H35BrN2O3/c1-14(2)19-10-9-11-20(15(3)4)23(19)27-25(30)21-17(7)28(12-13-31-16(5)6)18(8)22(26)24(21)29/h9-11,14-16H,12-13H2,1-8H3,(H,27,30). The van der Waals surface area contributed by atoms with E-state index in [9.17, 15) is 9.59 Å². The first kappa shape index (κ1) is 25.3. The van der Waals surface area contributed by atoms with Gasteiger partial charge in [0.05, 0.1) is 17.2 Å². The molecule has 1 N–H and O–H groups in total. The van der Waals surface area contributed by atoms with E-state index in [0.29, 0.717) is 23.3 Å². The predicted molar refractivity (Wildman–Crippen MR) is 132 cm³/mol. The molecule has 0 radical (unpaired) electrons. The van der Waals surface area contributed by atoms with Crippen molar-refractivity contribution in [2.45, 2.75) is 79.9 Å². The molecule has 0 spiro atoms. The van der Waals surface area contributed by atoms with Crippen LogP contribution in [-0.4, -0.2) is 23.2 Å². The Morgan fingerprint density at radius 1 is 1.03 bits per heavy atom. The van der Waals surface area contributed by atoms with Crippen LogP contribution in [-0.2, 0) is 11.3 Å². The summed E-state index contributed by atoms with van der Waals surface area (Å²) in [6.07, 6.45) is 0.119. The summed E-state index contributed by atoms with van der Waals surface area (Å²) in [6, 6.07) is 6.09. The molecule has 170 valence electrons. The number of carbonyl (C=O) groups is 1. The predicted octanol–water partition coefficient (Wildman–Crippen LogP) is 6.15. The third-order valence-corrected chi connectivity index (χ3v) is 6.45. The van der Waals surface area contributed by atoms with Crippen molar-refractivity contribution in [1.29, 1.82) is 0 Å². The lowest BCUT2D eigenvalue weighted by molar-refractivity contribution is 0.0719. The Labute approximate surface area is 194 Å². The Hall–Kier alpha value is -1.92. The lowest BCUT2D eigenvalue weighted by atomic mass is 9.92. The number of hydrogen-bond acceptors (Lipinski definition) is 3. The maximum atomic E-state index is 13.4.